The number of hydrogen-bond donors (Lipinski definition) is 1. The lowest BCUT2D eigenvalue weighted by Crippen LogP contribution is -2.27. The summed E-state index contributed by atoms with van der Waals surface area (Å²) in [6, 6.07) is 7.60. The molecule has 1 atom stereocenters. The number of benzene rings is 1. The molecule has 1 aromatic heterocycles. The lowest BCUT2D eigenvalue weighted by Gasteiger charge is -2.11. The van der Waals surface area contributed by atoms with E-state index in [4.69, 9.17) is 15.0 Å². The van der Waals surface area contributed by atoms with Crippen LogP contribution >= 0.6 is 0 Å². The van der Waals surface area contributed by atoms with Gasteiger partial charge < -0.3 is 15.0 Å². The van der Waals surface area contributed by atoms with Crippen LogP contribution in [-0.2, 0) is 11.3 Å². The van der Waals surface area contributed by atoms with Crippen LogP contribution < -0.4 is 10.5 Å². The average molecular weight is 316 g/mol. The molecule has 2 N–H and O–H groups in total. The Morgan fingerprint density at radius 1 is 1.48 bits per heavy atom. The van der Waals surface area contributed by atoms with Crippen molar-refractivity contribution in [2.45, 2.75) is 19.9 Å². The lowest BCUT2D eigenvalue weighted by molar-refractivity contribution is -0.121. The van der Waals surface area contributed by atoms with Crippen LogP contribution in [0.5, 0.6) is 5.75 Å². The highest BCUT2D eigenvalue weighted by Crippen LogP contribution is 2.28. The molecule has 23 heavy (non-hydrogen) atoms. The lowest BCUT2D eigenvalue weighted by atomic mass is 10.1. The summed E-state index contributed by atoms with van der Waals surface area (Å²) in [5, 5.41) is 4.04. The van der Waals surface area contributed by atoms with E-state index in [1.54, 1.807) is 0 Å². The fourth-order valence-corrected chi connectivity index (χ4v) is 2.76. The fourth-order valence-electron chi connectivity index (χ4n) is 2.76. The quantitative estimate of drug-likeness (QED) is 0.866. The highest BCUT2D eigenvalue weighted by Gasteiger charge is 2.27. The zero-order valence-corrected chi connectivity index (χ0v) is 13.1. The van der Waals surface area contributed by atoms with Gasteiger partial charge in [-0.1, -0.05) is 17.3 Å². The number of carbonyl (C=O) groups is 1. The largest absolute Gasteiger partial charge is 0.493 e. The first-order valence-electron chi connectivity index (χ1n) is 7.73. The molecular weight excluding hydrogens is 296 g/mol. The fraction of sp³-hybridized carbons (Fsp3) is 0.438. The van der Waals surface area contributed by atoms with Gasteiger partial charge in [-0.15, -0.1) is 0 Å². The molecule has 1 saturated heterocycles. The molecule has 0 radical (unpaired) electrons. The van der Waals surface area contributed by atoms with E-state index in [2.05, 4.69) is 15.0 Å². The highest BCUT2D eigenvalue weighted by atomic mass is 16.5. The topological polar surface area (TPSA) is 94.5 Å². The minimum Gasteiger partial charge on any atom is -0.493 e. The molecule has 1 amide bonds. The van der Waals surface area contributed by atoms with E-state index in [1.165, 1.54) is 0 Å². The molecule has 7 nitrogen and oxygen atoms in total. The molecule has 122 valence electrons. The van der Waals surface area contributed by atoms with Crippen molar-refractivity contribution in [1.29, 1.82) is 0 Å². The Morgan fingerprint density at radius 2 is 2.30 bits per heavy atom. The van der Waals surface area contributed by atoms with Crippen LogP contribution in [0, 0.1) is 5.92 Å². The van der Waals surface area contributed by atoms with Gasteiger partial charge in [-0.25, -0.2) is 0 Å². The summed E-state index contributed by atoms with van der Waals surface area (Å²) >= 11 is 0. The Kier molecular flexibility index (Phi) is 4.57. The molecule has 1 aliphatic rings. The van der Waals surface area contributed by atoms with Gasteiger partial charge in [0.1, 0.15) is 5.75 Å². The van der Waals surface area contributed by atoms with Crippen molar-refractivity contribution in [2.24, 2.45) is 11.7 Å². The van der Waals surface area contributed by atoms with E-state index in [-0.39, 0.29) is 11.8 Å². The summed E-state index contributed by atoms with van der Waals surface area (Å²) in [6.07, 6.45) is 0.781. The number of likely N-dealkylation sites (tertiary alicyclic amines) is 1. The Hall–Kier alpha value is -2.41. The third-order valence-corrected chi connectivity index (χ3v) is 3.93. The van der Waals surface area contributed by atoms with Crippen LogP contribution in [0.3, 0.4) is 0 Å². The maximum atomic E-state index is 11.2. The Morgan fingerprint density at radius 3 is 3.04 bits per heavy atom. The van der Waals surface area contributed by atoms with Crippen molar-refractivity contribution in [1.82, 2.24) is 15.0 Å². The number of amides is 1. The van der Waals surface area contributed by atoms with Crippen LogP contribution in [0.15, 0.2) is 28.8 Å². The van der Waals surface area contributed by atoms with Crippen LogP contribution in [0.2, 0.25) is 0 Å². The SMILES string of the molecule is CCOc1ccccc1-c1noc(CN2CC[C@H](C(N)=O)C2)n1. The number of nitrogens with zero attached hydrogens (tertiary/aromatic N) is 3. The van der Waals surface area contributed by atoms with Gasteiger partial charge in [0.05, 0.1) is 24.6 Å². The number of nitrogens with two attached hydrogens (primary N) is 1. The maximum Gasteiger partial charge on any atom is 0.241 e. The number of rotatable bonds is 6. The normalized spacial score (nSPS) is 18.2. The zero-order valence-electron chi connectivity index (χ0n) is 13.1. The van der Waals surface area contributed by atoms with E-state index in [9.17, 15) is 4.79 Å². The molecule has 0 spiro atoms. The molecular formula is C16H20N4O3. The number of hydrogen-bond acceptors (Lipinski definition) is 6. The molecule has 7 heteroatoms. The number of primary amides is 1. The first-order chi connectivity index (χ1) is 11.2. The number of ether oxygens (including phenoxy) is 1. The van der Waals surface area contributed by atoms with Gasteiger partial charge in [0.25, 0.3) is 0 Å². The van der Waals surface area contributed by atoms with E-state index in [1.807, 2.05) is 31.2 Å². The van der Waals surface area contributed by atoms with Gasteiger partial charge in [-0.3, -0.25) is 9.69 Å². The Bertz CT molecular complexity index is 685. The predicted octanol–water partition coefficient (Wildman–Crippen LogP) is 1.44. The summed E-state index contributed by atoms with van der Waals surface area (Å²) in [6.45, 7) is 4.47. The Balaban J connectivity index is 1.70. The van der Waals surface area contributed by atoms with Gasteiger partial charge in [0.15, 0.2) is 0 Å². The first-order valence-corrected chi connectivity index (χ1v) is 7.73. The number of carbonyl (C=O) groups excluding carboxylic acids is 1. The maximum absolute atomic E-state index is 11.2. The summed E-state index contributed by atoms with van der Waals surface area (Å²) in [4.78, 5) is 17.8. The smallest absolute Gasteiger partial charge is 0.241 e. The van der Waals surface area contributed by atoms with Crippen LogP contribution in [-0.4, -0.2) is 40.6 Å². The van der Waals surface area contributed by atoms with Gasteiger partial charge in [0.2, 0.25) is 17.6 Å². The Labute approximate surface area is 134 Å². The van der Waals surface area contributed by atoms with Crippen molar-refractivity contribution < 1.29 is 14.1 Å². The molecule has 1 aliphatic heterocycles. The minimum absolute atomic E-state index is 0.0870. The third-order valence-electron chi connectivity index (χ3n) is 3.93. The van der Waals surface area contributed by atoms with Crippen molar-refractivity contribution in [3.05, 3.63) is 30.2 Å². The van der Waals surface area contributed by atoms with Gasteiger partial charge in [-0.05, 0) is 32.0 Å². The molecule has 1 fully saturated rings. The molecule has 3 rings (SSSR count). The van der Waals surface area contributed by atoms with Gasteiger partial charge >= 0.3 is 0 Å². The van der Waals surface area contributed by atoms with Crippen LogP contribution in [0.4, 0.5) is 0 Å². The van der Waals surface area contributed by atoms with Crippen molar-refractivity contribution in [3.8, 4) is 17.1 Å². The third kappa shape index (κ3) is 3.50. The monoisotopic (exact) mass is 316 g/mol. The summed E-state index contributed by atoms with van der Waals surface area (Å²) in [5.74, 6) is 1.43. The van der Waals surface area contributed by atoms with Crippen molar-refractivity contribution >= 4 is 5.91 Å². The van der Waals surface area contributed by atoms with Gasteiger partial charge in [-0.2, -0.15) is 4.98 Å². The highest BCUT2D eigenvalue weighted by molar-refractivity contribution is 5.77. The second-order valence-corrected chi connectivity index (χ2v) is 5.56. The zero-order chi connectivity index (χ0) is 16.2. The number of aromatic nitrogens is 2. The molecule has 0 aliphatic carbocycles. The molecule has 1 aromatic carbocycles. The van der Waals surface area contributed by atoms with E-state index >= 15 is 0 Å². The molecule has 0 bridgehead atoms. The second kappa shape index (κ2) is 6.78. The molecule has 2 aromatic rings. The van der Waals surface area contributed by atoms with Crippen LogP contribution in [0.1, 0.15) is 19.2 Å². The second-order valence-electron chi connectivity index (χ2n) is 5.56. The van der Waals surface area contributed by atoms with Crippen molar-refractivity contribution in [3.63, 3.8) is 0 Å². The molecule has 0 saturated carbocycles. The average Bonchev–Trinajstić information content (AvgIpc) is 3.18. The summed E-state index contributed by atoms with van der Waals surface area (Å²) < 4.78 is 10.9. The molecule has 2 heterocycles. The van der Waals surface area contributed by atoms with Gasteiger partial charge in [0, 0.05) is 6.54 Å². The predicted molar refractivity (Wildman–Crippen MR) is 83.5 cm³/mol. The number of para-hydroxylation sites is 1. The van der Waals surface area contributed by atoms with E-state index < -0.39 is 0 Å². The first kappa shape index (κ1) is 15.5. The van der Waals surface area contributed by atoms with Crippen molar-refractivity contribution in [2.75, 3.05) is 19.7 Å². The standard InChI is InChI=1S/C16H20N4O3/c1-2-22-13-6-4-3-5-12(13)16-18-14(23-19-16)10-20-8-7-11(9-20)15(17)21/h3-6,11H,2,7-10H2,1H3,(H2,17,21)/t11-/m0/s1. The van der Waals surface area contributed by atoms with E-state index in [0.717, 1.165) is 24.3 Å². The minimum atomic E-state index is -0.246. The van der Waals surface area contributed by atoms with Crippen LogP contribution in [0.25, 0.3) is 11.4 Å². The summed E-state index contributed by atoms with van der Waals surface area (Å²) in [7, 11) is 0. The van der Waals surface area contributed by atoms with E-state index in [0.29, 0.717) is 31.4 Å². The summed E-state index contributed by atoms with van der Waals surface area (Å²) in [5.41, 5.74) is 6.15. The molecule has 0 unspecified atom stereocenters.